The molecule has 1 aromatic rings. The number of ether oxygens (including phenoxy) is 1. The van der Waals surface area contributed by atoms with Gasteiger partial charge in [-0.25, -0.2) is 0 Å². The molecule has 0 radical (unpaired) electrons. The molecule has 7 heteroatoms. The van der Waals surface area contributed by atoms with Crippen LogP contribution in [0.4, 0.5) is 0 Å². The highest BCUT2D eigenvalue weighted by atomic mass is 16.5. The zero-order chi connectivity index (χ0) is 21.2. The minimum atomic E-state index is 0.226. The summed E-state index contributed by atoms with van der Waals surface area (Å²) in [7, 11) is 1.71. The Balaban J connectivity index is 1.62. The number of methoxy groups -OCH3 is 1. The topological polar surface area (TPSA) is 69.2 Å². The third-order valence-corrected chi connectivity index (χ3v) is 5.92. The summed E-state index contributed by atoms with van der Waals surface area (Å²) in [5, 5.41) is 6.66. The quantitative estimate of drug-likeness (QED) is 0.479. The van der Waals surface area contributed by atoms with E-state index < -0.39 is 0 Å². The molecule has 2 aliphatic heterocycles. The van der Waals surface area contributed by atoms with Crippen LogP contribution in [0.5, 0.6) is 5.75 Å². The first kappa shape index (κ1) is 22.4. The number of aliphatic imine (C=N–C) groups is 1. The second-order valence-corrected chi connectivity index (χ2v) is 8.02. The number of nitrogens with one attached hydrogen (secondary N) is 2. The number of carbonyl (C=O) groups is 1. The molecule has 2 fully saturated rings. The molecule has 166 valence electrons. The van der Waals surface area contributed by atoms with Crippen molar-refractivity contribution in [3.05, 3.63) is 29.8 Å². The number of rotatable bonds is 9. The van der Waals surface area contributed by atoms with E-state index in [1.165, 1.54) is 18.4 Å². The van der Waals surface area contributed by atoms with Gasteiger partial charge in [-0.2, -0.15) is 0 Å². The predicted octanol–water partition coefficient (Wildman–Crippen LogP) is 2.40. The number of amides is 1. The molecule has 0 spiro atoms. The predicted molar refractivity (Wildman–Crippen MR) is 121 cm³/mol. The van der Waals surface area contributed by atoms with Gasteiger partial charge in [-0.3, -0.25) is 14.7 Å². The van der Waals surface area contributed by atoms with E-state index in [0.717, 1.165) is 57.3 Å². The third-order valence-electron chi connectivity index (χ3n) is 5.92. The van der Waals surface area contributed by atoms with Crippen molar-refractivity contribution in [3.63, 3.8) is 0 Å². The maximum absolute atomic E-state index is 12.3. The van der Waals surface area contributed by atoms with E-state index in [1.807, 2.05) is 17.0 Å². The first-order chi connectivity index (χ1) is 14.7. The summed E-state index contributed by atoms with van der Waals surface area (Å²) in [5.41, 5.74) is 1.24. The Labute approximate surface area is 180 Å². The van der Waals surface area contributed by atoms with Gasteiger partial charge in [-0.05, 0) is 63.4 Å². The Kier molecular flexibility index (Phi) is 8.81. The zero-order valence-electron chi connectivity index (χ0n) is 18.5. The van der Waals surface area contributed by atoms with Gasteiger partial charge >= 0.3 is 0 Å². The summed E-state index contributed by atoms with van der Waals surface area (Å²) in [4.78, 5) is 21.6. The smallest absolute Gasteiger partial charge is 0.224 e. The molecule has 2 saturated heterocycles. The molecule has 1 atom stereocenters. The molecule has 3 rings (SSSR count). The molecule has 0 saturated carbocycles. The number of hydrogen-bond donors (Lipinski definition) is 2. The van der Waals surface area contributed by atoms with Crippen molar-refractivity contribution in [2.75, 3.05) is 52.9 Å². The van der Waals surface area contributed by atoms with Gasteiger partial charge in [0.25, 0.3) is 0 Å². The van der Waals surface area contributed by atoms with E-state index in [1.54, 1.807) is 7.11 Å². The van der Waals surface area contributed by atoms with Crippen LogP contribution in [0.15, 0.2) is 29.3 Å². The Bertz CT molecular complexity index is 697. The Morgan fingerprint density at radius 1 is 1.13 bits per heavy atom. The lowest BCUT2D eigenvalue weighted by Gasteiger charge is -2.27. The fourth-order valence-electron chi connectivity index (χ4n) is 4.27. The summed E-state index contributed by atoms with van der Waals surface area (Å²) in [6, 6.07) is 8.54. The molecule has 0 aromatic heterocycles. The normalized spacial score (nSPS) is 18.5. The molecule has 0 aliphatic carbocycles. The summed E-state index contributed by atoms with van der Waals surface area (Å²) in [5.74, 6) is 1.90. The van der Waals surface area contributed by atoms with Crippen LogP contribution in [0.1, 0.15) is 50.6 Å². The van der Waals surface area contributed by atoms with Gasteiger partial charge < -0.3 is 20.3 Å². The van der Waals surface area contributed by atoms with Gasteiger partial charge in [-0.15, -0.1) is 0 Å². The number of likely N-dealkylation sites (tertiary alicyclic amines) is 2. The number of guanidine groups is 1. The number of nitrogens with zero attached hydrogens (tertiary/aromatic N) is 3. The number of benzene rings is 1. The molecule has 1 aromatic carbocycles. The molecular formula is C23H37N5O2. The first-order valence-electron chi connectivity index (χ1n) is 11.4. The van der Waals surface area contributed by atoms with Crippen LogP contribution in [-0.2, 0) is 4.79 Å². The van der Waals surface area contributed by atoms with E-state index in [-0.39, 0.29) is 11.9 Å². The van der Waals surface area contributed by atoms with Crippen molar-refractivity contribution >= 4 is 11.9 Å². The Morgan fingerprint density at radius 3 is 2.57 bits per heavy atom. The molecule has 2 heterocycles. The standard InChI is InChI=1S/C23H37N5O2/c1-3-24-23(25-12-11-22(29)28-15-6-7-16-28)26-18-21(27-13-4-5-14-27)19-9-8-10-20(17-19)30-2/h8-10,17,21H,3-7,11-16,18H2,1-2H3,(H2,24,25,26). The minimum absolute atomic E-state index is 0.226. The average molecular weight is 416 g/mol. The highest BCUT2D eigenvalue weighted by Gasteiger charge is 2.24. The third kappa shape index (κ3) is 6.36. The highest BCUT2D eigenvalue weighted by Crippen LogP contribution is 2.27. The van der Waals surface area contributed by atoms with Crippen molar-refractivity contribution in [2.24, 2.45) is 4.99 Å². The zero-order valence-corrected chi connectivity index (χ0v) is 18.5. The monoisotopic (exact) mass is 415 g/mol. The molecule has 1 unspecified atom stereocenters. The lowest BCUT2D eigenvalue weighted by Crippen LogP contribution is -2.40. The van der Waals surface area contributed by atoms with Crippen molar-refractivity contribution in [1.82, 2.24) is 20.4 Å². The Morgan fingerprint density at radius 2 is 1.87 bits per heavy atom. The van der Waals surface area contributed by atoms with Crippen LogP contribution in [0.3, 0.4) is 0 Å². The number of hydrogen-bond acceptors (Lipinski definition) is 4. The lowest BCUT2D eigenvalue weighted by atomic mass is 10.1. The van der Waals surface area contributed by atoms with Crippen LogP contribution in [0.25, 0.3) is 0 Å². The van der Waals surface area contributed by atoms with Crippen LogP contribution >= 0.6 is 0 Å². The van der Waals surface area contributed by atoms with Crippen LogP contribution < -0.4 is 15.4 Å². The average Bonchev–Trinajstić information content (AvgIpc) is 3.48. The first-order valence-corrected chi connectivity index (χ1v) is 11.4. The van der Waals surface area contributed by atoms with Gasteiger partial charge in [0.2, 0.25) is 5.91 Å². The van der Waals surface area contributed by atoms with E-state index in [2.05, 4.69) is 34.6 Å². The van der Waals surface area contributed by atoms with Crippen molar-refractivity contribution < 1.29 is 9.53 Å². The van der Waals surface area contributed by atoms with Crippen molar-refractivity contribution in [1.29, 1.82) is 0 Å². The largest absolute Gasteiger partial charge is 0.497 e. The van der Waals surface area contributed by atoms with E-state index >= 15 is 0 Å². The summed E-state index contributed by atoms with van der Waals surface area (Å²) < 4.78 is 5.43. The highest BCUT2D eigenvalue weighted by molar-refractivity contribution is 5.81. The van der Waals surface area contributed by atoms with Gasteiger partial charge in [0.15, 0.2) is 5.96 Å². The van der Waals surface area contributed by atoms with Crippen LogP contribution in [-0.4, -0.2) is 74.6 Å². The number of carbonyl (C=O) groups excluding carboxylic acids is 1. The SMILES string of the molecule is CCNC(=NCC(c1cccc(OC)c1)N1CCCC1)NCCC(=O)N1CCCC1. The molecular weight excluding hydrogens is 378 g/mol. The summed E-state index contributed by atoms with van der Waals surface area (Å²) in [6.07, 6.45) is 5.24. The van der Waals surface area contributed by atoms with Crippen LogP contribution in [0, 0.1) is 0 Å². The molecule has 1 amide bonds. The maximum Gasteiger partial charge on any atom is 0.224 e. The van der Waals surface area contributed by atoms with Gasteiger partial charge in [-0.1, -0.05) is 12.1 Å². The molecule has 7 nitrogen and oxygen atoms in total. The second-order valence-electron chi connectivity index (χ2n) is 8.02. The van der Waals surface area contributed by atoms with Crippen molar-refractivity contribution in [2.45, 2.75) is 45.1 Å². The summed E-state index contributed by atoms with van der Waals surface area (Å²) in [6.45, 7) is 8.15. The van der Waals surface area contributed by atoms with Crippen molar-refractivity contribution in [3.8, 4) is 5.75 Å². The molecule has 2 N–H and O–H groups in total. The molecule has 30 heavy (non-hydrogen) atoms. The van der Waals surface area contributed by atoms with Gasteiger partial charge in [0.1, 0.15) is 5.75 Å². The second kappa shape index (κ2) is 11.8. The van der Waals surface area contributed by atoms with E-state index in [9.17, 15) is 4.79 Å². The van der Waals surface area contributed by atoms with Crippen LogP contribution in [0.2, 0.25) is 0 Å². The molecule has 0 bridgehead atoms. The van der Waals surface area contributed by atoms with Gasteiger partial charge in [0, 0.05) is 32.6 Å². The minimum Gasteiger partial charge on any atom is -0.497 e. The van der Waals surface area contributed by atoms with E-state index in [4.69, 9.17) is 9.73 Å². The lowest BCUT2D eigenvalue weighted by molar-refractivity contribution is -0.129. The fourth-order valence-corrected chi connectivity index (χ4v) is 4.27. The fraction of sp³-hybridized carbons (Fsp3) is 0.652. The maximum atomic E-state index is 12.3. The van der Waals surface area contributed by atoms with E-state index in [0.29, 0.717) is 19.5 Å². The molecule has 2 aliphatic rings. The Hall–Kier alpha value is -2.28. The van der Waals surface area contributed by atoms with Gasteiger partial charge in [0.05, 0.1) is 19.7 Å². The summed E-state index contributed by atoms with van der Waals surface area (Å²) >= 11 is 0.